The fraction of sp³-hybridized carbons (Fsp3) is 0.556. The average Bonchev–Trinajstić information content (AvgIpc) is 3.27. The Labute approximate surface area is 151 Å². The van der Waals surface area contributed by atoms with Crippen LogP contribution < -0.4 is 10.6 Å². The number of methoxy groups -OCH3 is 1. The molecule has 0 bridgehead atoms. The lowest BCUT2D eigenvalue weighted by atomic mass is 9.81. The van der Waals surface area contributed by atoms with Gasteiger partial charge in [0.25, 0.3) is 0 Å². The Balaban J connectivity index is 1.51. The van der Waals surface area contributed by atoms with Crippen LogP contribution in [0, 0.1) is 11.8 Å². The zero-order chi connectivity index (χ0) is 17.5. The van der Waals surface area contributed by atoms with Crippen LogP contribution in [0.5, 0.6) is 0 Å². The second-order valence-corrected chi connectivity index (χ2v) is 7.53. The Hall–Kier alpha value is -1.70. The van der Waals surface area contributed by atoms with Crippen molar-refractivity contribution < 1.29 is 14.1 Å². The summed E-state index contributed by atoms with van der Waals surface area (Å²) in [6, 6.07) is 6.00. The Morgan fingerprint density at radius 2 is 2.44 bits per heavy atom. The molecule has 6 nitrogen and oxygen atoms in total. The van der Waals surface area contributed by atoms with Crippen LogP contribution in [0.25, 0.3) is 0 Å². The normalized spacial score (nSPS) is 20.5. The fourth-order valence-electron chi connectivity index (χ4n) is 3.32. The summed E-state index contributed by atoms with van der Waals surface area (Å²) in [6.45, 7) is 2.93. The van der Waals surface area contributed by atoms with Gasteiger partial charge in [-0.15, -0.1) is 11.3 Å². The number of aromatic nitrogens is 1. The number of amides is 1. The molecule has 1 aliphatic rings. The minimum absolute atomic E-state index is 0.130. The Morgan fingerprint density at radius 3 is 3.24 bits per heavy atom. The molecule has 0 aliphatic carbocycles. The van der Waals surface area contributed by atoms with Crippen molar-refractivity contribution in [2.24, 2.45) is 11.8 Å². The van der Waals surface area contributed by atoms with E-state index in [0.717, 1.165) is 37.4 Å². The highest BCUT2D eigenvalue weighted by Gasteiger charge is 2.28. The maximum absolute atomic E-state index is 12.3. The molecule has 1 amide bonds. The van der Waals surface area contributed by atoms with Crippen molar-refractivity contribution in [2.75, 3.05) is 20.2 Å². The highest BCUT2D eigenvalue weighted by Crippen LogP contribution is 2.26. The molecule has 3 rings (SSSR count). The minimum atomic E-state index is 0.130. The summed E-state index contributed by atoms with van der Waals surface area (Å²) in [5.74, 6) is 1.63. The SMILES string of the molecule is COCc1cc(CC2CNCCC2CC(=O)NCc2cccs2)no1. The van der Waals surface area contributed by atoms with Crippen LogP contribution in [-0.2, 0) is 29.1 Å². The van der Waals surface area contributed by atoms with E-state index in [9.17, 15) is 4.79 Å². The summed E-state index contributed by atoms with van der Waals surface area (Å²) < 4.78 is 10.3. The van der Waals surface area contributed by atoms with E-state index in [2.05, 4.69) is 15.8 Å². The Morgan fingerprint density at radius 1 is 1.52 bits per heavy atom. The van der Waals surface area contributed by atoms with Crippen LogP contribution in [-0.4, -0.2) is 31.3 Å². The number of carbonyl (C=O) groups is 1. The third kappa shape index (κ3) is 5.39. The van der Waals surface area contributed by atoms with E-state index in [0.29, 0.717) is 31.4 Å². The molecule has 2 aromatic heterocycles. The van der Waals surface area contributed by atoms with Crippen molar-refractivity contribution in [1.82, 2.24) is 15.8 Å². The summed E-state index contributed by atoms with van der Waals surface area (Å²) in [6.07, 6.45) is 2.41. The molecule has 136 valence electrons. The fourth-order valence-corrected chi connectivity index (χ4v) is 3.97. The second kappa shape index (κ2) is 9.12. The summed E-state index contributed by atoms with van der Waals surface area (Å²) in [5.41, 5.74) is 0.935. The lowest BCUT2D eigenvalue weighted by molar-refractivity contribution is -0.122. The number of ether oxygens (including phenoxy) is 1. The van der Waals surface area contributed by atoms with Crippen LogP contribution in [0.4, 0.5) is 0 Å². The first-order valence-electron chi connectivity index (χ1n) is 8.68. The van der Waals surface area contributed by atoms with Gasteiger partial charge >= 0.3 is 0 Å². The van der Waals surface area contributed by atoms with Crippen LogP contribution in [0.1, 0.15) is 29.2 Å². The van der Waals surface area contributed by atoms with Crippen LogP contribution >= 0.6 is 11.3 Å². The summed E-state index contributed by atoms with van der Waals surface area (Å²) in [4.78, 5) is 13.5. The van der Waals surface area contributed by atoms with Crippen LogP contribution in [0.3, 0.4) is 0 Å². The van der Waals surface area contributed by atoms with Crippen LogP contribution in [0.2, 0.25) is 0 Å². The number of piperidine rings is 1. The van der Waals surface area contributed by atoms with Crippen molar-refractivity contribution in [2.45, 2.75) is 32.4 Å². The van der Waals surface area contributed by atoms with Crippen molar-refractivity contribution in [3.05, 3.63) is 39.9 Å². The van der Waals surface area contributed by atoms with Gasteiger partial charge in [-0.2, -0.15) is 0 Å². The van der Waals surface area contributed by atoms with E-state index in [1.54, 1.807) is 18.4 Å². The molecule has 1 aliphatic heterocycles. The number of carbonyl (C=O) groups excluding carboxylic acids is 1. The summed E-state index contributed by atoms with van der Waals surface area (Å²) >= 11 is 1.67. The number of nitrogens with zero attached hydrogens (tertiary/aromatic N) is 1. The molecule has 0 spiro atoms. The van der Waals surface area contributed by atoms with E-state index >= 15 is 0 Å². The molecule has 2 aromatic rings. The second-order valence-electron chi connectivity index (χ2n) is 6.49. The predicted molar refractivity (Wildman–Crippen MR) is 96.2 cm³/mol. The quantitative estimate of drug-likeness (QED) is 0.753. The smallest absolute Gasteiger partial charge is 0.220 e. The van der Waals surface area contributed by atoms with Crippen molar-refractivity contribution in [1.29, 1.82) is 0 Å². The zero-order valence-electron chi connectivity index (χ0n) is 14.5. The first-order chi connectivity index (χ1) is 12.2. The van der Waals surface area contributed by atoms with Crippen molar-refractivity contribution >= 4 is 17.2 Å². The molecule has 7 heteroatoms. The topological polar surface area (TPSA) is 76.4 Å². The van der Waals surface area contributed by atoms with E-state index in [4.69, 9.17) is 9.26 Å². The standard InChI is InChI=1S/C18H25N3O3S/c1-23-12-16-9-15(21-24-16)7-14-10-19-5-4-13(14)8-18(22)20-11-17-3-2-6-25-17/h2-3,6,9,13-14,19H,4-5,7-8,10-12H2,1H3,(H,20,22). The molecular formula is C18H25N3O3S. The number of hydrogen-bond donors (Lipinski definition) is 2. The molecule has 2 N–H and O–H groups in total. The van der Waals surface area contributed by atoms with Crippen molar-refractivity contribution in [3.63, 3.8) is 0 Å². The molecule has 25 heavy (non-hydrogen) atoms. The van der Waals surface area contributed by atoms with Gasteiger partial charge in [-0.05, 0) is 49.2 Å². The maximum Gasteiger partial charge on any atom is 0.220 e. The summed E-state index contributed by atoms with van der Waals surface area (Å²) in [7, 11) is 1.64. The molecule has 3 heterocycles. The van der Waals surface area contributed by atoms with Gasteiger partial charge < -0.3 is 19.9 Å². The lowest BCUT2D eigenvalue weighted by Crippen LogP contribution is -2.40. The lowest BCUT2D eigenvalue weighted by Gasteiger charge is -2.31. The number of thiophene rings is 1. The molecule has 0 saturated carbocycles. The molecule has 0 radical (unpaired) electrons. The van der Waals surface area contributed by atoms with E-state index < -0.39 is 0 Å². The Kier molecular flexibility index (Phi) is 6.61. The van der Waals surface area contributed by atoms with Gasteiger partial charge in [-0.25, -0.2) is 0 Å². The highest BCUT2D eigenvalue weighted by molar-refractivity contribution is 7.09. The van der Waals surface area contributed by atoms with Gasteiger partial charge in [-0.3, -0.25) is 4.79 Å². The molecule has 2 unspecified atom stereocenters. The predicted octanol–water partition coefficient (Wildman–Crippen LogP) is 2.36. The minimum Gasteiger partial charge on any atom is -0.377 e. The number of rotatable bonds is 8. The number of nitrogens with one attached hydrogen (secondary N) is 2. The zero-order valence-corrected chi connectivity index (χ0v) is 15.3. The molecule has 1 fully saturated rings. The maximum atomic E-state index is 12.3. The van der Waals surface area contributed by atoms with Gasteiger partial charge in [0.15, 0.2) is 5.76 Å². The van der Waals surface area contributed by atoms with E-state index in [-0.39, 0.29) is 5.91 Å². The average molecular weight is 363 g/mol. The van der Waals surface area contributed by atoms with Gasteiger partial charge in [0.05, 0.1) is 12.2 Å². The van der Waals surface area contributed by atoms with E-state index in [1.807, 2.05) is 23.6 Å². The molecular weight excluding hydrogens is 338 g/mol. The number of hydrogen-bond acceptors (Lipinski definition) is 6. The third-order valence-electron chi connectivity index (χ3n) is 4.62. The third-order valence-corrected chi connectivity index (χ3v) is 5.49. The van der Waals surface area contributed by atoms with Gasteiger partial charge in [0.1, 0.15) is 6.61 Å². The van der Waals surface area contributed by atoms with Crippen molar-refractivity contribution in [3.8, 4) is 0 Å². The first kappa shape index (κ1) is 18.1. The Bertz CT molecular complexity index is 656. The van der Waals surface area contributed by atoms with Gasteiger partial charge in [-0.1, -0.05) is 11.2 Å². The molecule has 0 aromatic carbocycles. The van der Waals surface area contributed by atoms with E-state index in [1.165, 1.54) is 4.88 Å². The monoisotopic (exact) mass is 363 g/mol. The van der Waals surface area contributed by atoms with Gasteiger partial charge in [0, 0.05) is 24.5 Å². The first-order valence-corrected chi connectivity index (χ1v) is 9.55. The molecule has 2 atom stereocenters. The summed E-state index contributed by atoms with van der Waals surface area (Å²) in [5, 5.41) is 12.6. The van der Waals surface area contributed by atoms with Gasteiger partial charge in [0.2, 0.25) is 5.91 Å². The highest BCUT2D eigenvalue weighted by atomic mass is 32.1. The van der Waals surface area contributed by atoms with Crippen LogP contribution in [0.15, 0.2) is 28.1 Å². The largest absolute Gasteiger partial charge is 0.377 e. The molecule has 1 saturated heterocycles.